The van der Waals surface area contributed by atoms with Crippen LogP contribution in [0.5, 0.6) is 0 Å². The molecule has 0 aliphatic rings. The van der Waals surface area contributed by atoms with Crippen LogP contribution < -0.4 is 0 Å². The molecule has 2 rings (SSSR count). The first-order chi connectivity index (χ1) is 8.25. The van der Waals surface area contributed by atoms with E-state index in [9.17, 15) is 4.79 Å². The van der Waals surface area contributed by atoms with Crippen LogP contribution >= 0.6 is 11.8 Å². The van der Waals surface area contributed by atoms with Crippen LogP contribution in [0.1, 0.15) is 5.76 Å². The van der Waals surface area contributed by atoms with Crippen LogP contribution in [0.25, 0.3) is 0 Å². The van der Waals surface area contributed by atoms with Gasteiger partial charge in [0.1, 0.15) is 5.76 Å². The Labute approximate surface area is 102 Å². The molecule has 2 aromatic rings. The molecule has 0 radical (unpaired) electrons. The van der Waals surface area contributed by atoms with Gasteiger partial charge in [-0.2, -0.15) is 0 Å². The first-order valence-electron chi connectivity index (χ1n) is 5.14. The minimum atomic E-state index is -0.837. The summed E-state index contributed by atoms with van der Waals surface area (Å²) in [7, 11) is 0. The Morgan fingerprint density at radius 1 is 1.59 bits per heavy atom. The molecule has 0 aliphatic carbocycles. The van der Waals surface area contributed by atoms with E-state index in [0.717, 1.165) is 23.9 Å². The van der Waals surface area contributed by atoms with E-state index in [4.69, 9.17) is 9.52 Å². The molecule has 0 unspecified atom stereocenters. The molecule has 2 aromatic heterocycles. The number of carboxylic acid groups (broad SMARTS) is 1. The summed E-state index contributed by atoms with van der Waals surface area (Å²) >= 11 is 1.22. The van der Waals surface area contributed by atoms with E-state index in [1.54, 1.807) is 12.5 Å². The lowest BCUT2D eigenvalue weighted by atomic mass is 10.3. The highest BCUT2D eigenvalue weighted by molar-refractivity contribution is 7.99. The number of thioether (sulfide) groups is 1. The molecule has 0 aliphatic heterocycles. The molecular formula is C11H12N2O3S. The summed E-state index contributed by atoms with van der Waals surface area (Å²) in [5.41, 5.74) is 0. The first kappa shape index (κ1) is 11.8. The van der Waals surface area contributed by atoms with Gasteiger partial charge in [0.15, 0.2) is 5.16 Å². The highest BCUT2D eigenvalue weighted by Crippen LogP contribution is 2.16. The molecule has 2 heterocycles. The zero-order valence-electron chi connectivity index (χ0n) is 9.07. The molecule has 0 spiro atoms. The lowest BCUT2D eigenvalue weighted by molar-refractivity contribution is -0.133. The molecule has 5 nitrogen and oxygen atoms in total. The maximum Gasteiger partial charge on any atom is 0.313 e. The molecule has 0 aromatic carbocycles. The summed E-state index contributed by atoms with van der Waals surface area (Å²) in [6.45, 7) is 0.732. The predicted molar refractivity (Wildman–Crippen MR) is 63.0 cm³/mol. The van der Waals surface area contributed by atoms with Crippen molar-refractivity contribution in [2.75, 3.05) is 5.75 Å². The molecule has 17 heavy (non-hydrogen) atoms. The standard InChI is InChI=1S/C11H12N2O3S/c14-10(15)8-17-11-12-4-6-13(11)5-3-9-2-1-7-16-9/h1-2,4,6-7H,3,5,8H2,(H,14,15). The number of imidazole rings is 1. The van der Waals surface area contributed by atoms with E-state index in [1.165, 1.54) is 11.8 Å². The summed E-state index contributed by atoms with van der Waals surface area (Å²) in [6, 6.07) is 3.77. The number of aliphatic carboxylic acids is 1. The number of nitrogens with zero attached hydrogens (tertiary/aromatic N) is 2. The quantitative estimate of drug-likeness (QED) is 0.795. The smallest absolute Gasteiger partial charge is 0.313 e. The number of hydrogen-bond donors (Lipinski definition) is 1. The molecule has 0 saturated carbocycles. The van der Waals surface area contributed by atoms with Crippen LogP contribution in [0.4, 0.5) is 0 Å². The Hall–Kier alpha value is -1.69. The van der Waals surface area contributed by atoms with Gasteiger partial charge in [-0.1, -0.05) is 11.8 Å². The van der Waals surface area contributed by atoms with Gasteiger partial charge in [-0.05, 0) is 12.1 Å². The lowest BCUT2D eigenvalue weighted by Gasteiger charge is -2.04. The van der Waals surface area contributed by atoms with Crippen LogP contribution in [0.3, 0.4) is 0 Å². The van der Waals surface area contributed by atoms with Crippen molar-refractivity contribution in [3.05, 3.63) is 36.5 Å². The summed E-state index contributed by atoms with van der Waals surface area (Å²) in [5.74, 6) is 0.0982. The normalized spacial score (nSPS) is 10.6. The third kappa shape index (κ3) is 3.39. The van der Waals surface area contributed by atoms with Crippen LogP contribution in [-0.4, -0.2) is 26.4 Å². The van der Waals surface area contributed by atoms with Gasteiger partial charge in [0.2, 0.25) is 0 Å². The molecule has 0 saturated heterocycles. The minimum absolute atomic E-state index is 0.0256. The number of aromatic nitrogens is 2. The van der Waals surface area contributed by atoms with Gasteiger partial charge in [0, 0.05) is 25.4 Å². The molecule has 6 heteroatoms. The zero-order valence-corrected chi connectivity index (χ0v) is 9.89. The van der Waals surface area contributed by atoms with E-state index in [1.807, 2.05) is 22.9 Å². The Morgan fingerprint density at radius 2 is 2.47 bits per heavy atom. The fraction of sp³-hybridized carbons (Fsp3) is 0.273. The van der Waals surface area contributed by atoms with E-state index in [-0.39, 0.29) is 5.75 Å². The number of aryl methyl sites for hydroxylation is 2. The summed E-state index contributed by atoms with van der Waals surface area (Å²) in [4.78, 5) is 14.6. The van der Waals surface area contributed by atoms with Crippen molar-refractivity contribution < 1.29 is 14.3 Å². The van der Waals surface area contributed by atoms with Crippen molar-refractivity contribution in [1.82, 2.24) is 9.55 Å². The van der Waals surface area contributed by atoms with Crippen molar-refractivity contribution in [2.24, 2.45) is 0 Å². The molecular weight excluding hydrogens is 240 g/mol. The highest BCUT2D eigenvalue weighted by atomic mass is 32.2. The van der Waals surface area contributed by atoms with Crippen molar-refractivity contribution in [2.45, 2.75) is 18.1 Å². The van der Waals surface area contributed by atoms with Crippen LogP contribution in [-0.2, 0) is 17.8 Å². The number of carboxylic acids is 1. The van der Waals surface area contributed by atoms with Gasteiger partial charge in [-0.25, -0.2) is 4.98 Å². The second-order valence-electron chi connectivity index (χ2n) is 3.41. The molecule has 1 N–H and O–H groups in total. The molecule has 0 amide bonds. The Balaban J connectivity index is 1.92. The summed E-state index contributed by atoms with van der Waals surface area (Å²) < 4.78 is 7.16. The van der Waals surface area contributed by atoms with Crippen molar-refractivity contribution in [1.29, 1.82) is 0 Å². The van der Waals surface area contributed by atoms with E-state index in [0.29, 0.717) is 0 Å². The molecule has 90 valence electrons. The van der Waals surface area contributed by atoms with E-state index < -0.39 is 5.97 Å². The lowest BCUT2D eigenvalue weighted by Crippen LogP contribution is -2.04. The van der Waals surface area contributed by atoms with E-state index >= 15 is 0 Å². The minimum Gasteiger partial charge on any atom is -0.481 e. The highest BCUT2D eigenvalue weighted by Gasteiger charge is 2.06. The number of hydrogen-bond acceptors (Lipinski definition) is 4. The Kier molecular flexibility index (Phi) is 3.87. The SMILES string of the molecule is O=C(O)CSc1nccn1CCc1ccco1. The topological polar surface area (TPSA) is 68.3 Å². The molecule has 0 atom stereocenters. The molecule has 0 bridgehead atoms. The van der Waals surface area contributed by atoms with Crippen LogP contribution in [0.2, 0.25) is 0 Å². The third-order valence-electron chi connectivity index (χ3n) is 2.18. The van der Waals surface area contributed by atoms with Gasteiger partial charge in [-0.15, -0.1) is 0 Å². The van der Waals surface area contributed by atoms with Crippen molar-refractivity contribution in [3.63, 3.8) is 0 Å². The van der Waals surface area contributed by atoms with Crippen molar-refractivity contribution >= 4 is 17.7 Å². The average molecular weight is 252 g/mol. The third-order valence-corrected chi connectivity index (χ3v) is 3.17. The number of rotatable bonds is 6. The average Bonchev–Trinajstić information content (AvgIpc) is 2.95. The van der Waals surface area contributed by atoms with Gasteiger partial charge >= 0.3 is 5.97 Å². The molecule has 0 fully saturated rings. The fourth-order valence-electron chi connectivity index (χ4n) is 1.42. The van der Waals surface area contributed by atoms with Gasteiger partial charge < -0.3 is 14.1 Å². The fourth-order valence-corrected chi connectivity index (χ4v) is 2.12. The number of furan rings is 1. The van der Waals surface area contributed by atoms with Gasteiger partial charge in [-0.3, -0.25) is 4.79 Å². The number of carbonyl (C=O) groups is 1. The van der Waals surface area contributed by atoms with Crippen LogP contribution in [0, 0.1) is 0 Å². The summed E-state index contributed by atoms with van der Waals surface area (Å²) in [5, 5.41) is 9.33. The van der Waals surface area contributed by atoms with Crippen molar-refractivity contribution in [3.8, 4) is 0 Å². The largest absolute Gasteiger partial charge is 0.481 e. The van der Waals surface area contributed by atoms with Gasteiger partial charge in [0.25, 0.3) is 0 Å². The van der Waals surface area contributed by atoms with Gasteiger partial charge in [0.05, 0.1) is 12.0 Å². The second-order valence-corrected chi connectivity index (χ2v) is 4.36. The monoisotopic (exact) mass is 252 g/mol. The Bertz CT molecular complexity index is 479. The maximum atomic E-state index is 10.5. The second kappa shape index (κ2) is 5.58. The first-order valence-corrected chi connectivity index (χ1v) is 6.12. The predicted octanol–water partition coefficient (Wildman–Crippen LogP) is 1.90. The summed E-state index contributed by atoms with van der Waals surface area (Å²) in [6.07, 6.45) is 5.92. The Morgan fingerprint density at radius 3 is 3.18 bits per heavy atom. The zero-order chi connectivity index (χ0) is 12.1. The maximum absolute atomic E-state index is 10.5. The van der Waals surface area contributed by atoms with E-state index in [2.05, 4.69) is 4.98 Å². The van der Waals surface area contributed by atoms with Crippen LogP contribution in [0.15, 0.2) is 40.4 Å².